The number of nitrogens with zero attached hydrogens (tertiary/aromatic N) is 4. The second-order valence-corrected chi connectivity index (χ2v) is 10.1. The van der Waals surface area contributed by atoms with E-state index in [1.807, 2.05) is 28.8 Å². The zero-order valence-electron chi connectivity index (χ0n) is 20.0. The molecule has 0 radical (unpaired) electrons. The van der Waals surface area contributed by atoms with Gasteiger partial charge in [0.25, 0.3) is 5.91 Å². The Balaban J connectivity index is 1.29. The van der Waals surface area contributed by atoms with Gasteiger partial charge in [0.05, 0.1) is 5.69 Å². The first-order chi connectivity index (χ1) is 17.2. The number of benzene rings is 1. The van der Waals surface area contributed by atoms with Crippen molar-refractivity contribution in [3.63, 3.8) is 0 Å². The number of aromatic nitrogens is 4. The Hall–Kier alpha value is -3.20. The summed E-state index contributed by atoms with van der Waals surface area (Å²) in [6.45, 7) is 2.53. The summed E-state index contributed by atoms with van der Waals surface area (Å²) in [6, 6.07) is 10.4. The number of anilines is 2. The third-order valence-electron chi connectivity index (χ3n) is 7.32. The minimum absolute atomic E-state index is 0.0223. The molecule has 2 aliphatic carbocycles. The van der Waals surface area contributed by atoms with Crippen LogP contribution in [0.2, 0.25) is 0 Å². The third-order valence-corrected chi connectivity index (χ3v) is 7.32. The Bertz CT molecular complexity index is 1180. The molecule has 2 saturated carbocycles. The highest BCUT2D eigenvalue weighted by Crippen LogP contribution is 2.28. The van der Waals surface area contributed by atoms with E-state index in [0.717, 1.165) is 62.5 Å². The summed E-state index contributed by atoms with van der Waals surface area (Å²) in [6.07, 6.45) is 9.14. The van der Waals surface area contributed by atoms with Gasteiger partial charge < -0.3 is 20.7 Å². The summed E-state index contributed by atoms with van der Waals surface area (Å²) in [5.41, 5.74) is 3.18. The van der Waals surface area contributed by atoms with Crippen LogP contribution in [-0.4, -0.2) is 57.6 Å². The topological polar surface area (TPSA) is 105 Å². The van der Waals surface area contributed by atoms with Crippen LogP contribution < -0.4 is 16.0 Å². The Morgan fingerprint density at radius 2 is 1.74 bits per heavy atom. The van der Waals surface area contributed by atoms with Crippen molar-refractivity contribution in [2.24, 2.45) is 5.92 Å². The van der Waals surface area contributed by atoms with E-state index in [9.17, 15) is 4.79 Å². The van der Waals surface area contributed by atoms with Gasteiger partial charge in [0.2, 0.25) is 5.65 Å². The van der Waals surface area contributed by atoms with Crippen molar-refractivity contribution >= 4 is 23.1 Å². The van der Waals surface area contributed by atoms with Crippen LogP contribution in [0, 0.1) is 5.92 Å². The lowest BCUT2D eigenvalue weighted by molar-refractivity contribution is 0.0699. The van der Waals surface area contributed by atoms with Crippen molar-refractivity contribution in [1.29, 1.82) is 0 Å². The molecule has 0 unspecified atom stereocenters. The molecule has 35 heavy (non-hydrogen) atoms. The van der Waals surface area contributed by atoms with Gasteiger partial charge in [0.1, 0.15) is 5.82 Å². The Morgan fingerprint density at radius 1 is 0.971 bits per heavy atom. The van der Waals surface area contributed by atoms with Gasteiger partial charge in [-0.3, -0.25) is 4.79 Å². The summed E-state index contributed by atoms with van der Waals surface area (Å²) in [7, 11) is 0. The molecule has 0 atom stereocenters. The lowest BCUT2D eigenvalue weighted by Gasteiger charge is -2.23. The van der Waals surface area contributed by atoms with Gasteiger partial charge in [0.15, 0.2) is 5.82 Å². The van der Waals surface area contributed by atoms with Gasteiger partial charge in [-0.2, -0.15) is 4.52 Å². The van der Waals surface area contributed by atoms with Gasteiger partial charge in [-0.1, -0.05) is 25.0 Å². The highest BCUT2D eigenvalue weighted by atomic mass is 16.5. The Kier molecular flexibility index (Phi) is 6.24. The van der Waals surface area contributed by atoms with E-state index in [1.165, 1.54) is 25.7 Å². The van der Waals surface area contributed by atoms with Crippen molar-refractivity contribution in [2.45, 2.75) is 63.5 Å². The summed E-state index contributed by atoms with van der Waals surface area (Å²) in [4.78, 5) is 12.4. The molecular formula is C26H33N7O2. The van der Waals surface area contributed by atoms with E-state index in [1.54, 1.807) is 0 Å². The maximum atomic E-state index is 12.4. The molecule has 3 fully saturated rings. The van der Waals surface area contributed by atoms with Gasteiger partial charge in [-0.15, -0.1) is 15.3 Å². The number of nitrogens with one attached hydrogen (secondary N) is 3. The minimum Gasteiger partial charge on any atom is -0.382 e. The van der Waals surface area contributed by atoms with E-state index in [4.69, 9.17) is 9.84 Å². The van der Waals surface area contributed by atoms with E-state index in [2.05, 4.69) is 32.2 Å². The van der Waals surface area contributed by atoms with Crippen LogP contribution in [-0.2, 0) is 4.74 Å². The monoisotopic (exact) mass is 475 g/mol. The fraction of sp³-hybridized carbons (Fsp3) is 0.538. The van der Waals surface area contributed by atoms with Crippen molar-refractivity contribution in [3.8, 4) is 11.4 Å². The molecule has 2 aromatic heterocycles. The number of rotatable bonds is 8. The fourth-order valence-electron chi connectivity index (χ4n) is 5.01. The Morgan fingerprint density at radius 3 is 2.49 bits per heavy atom. The molecule has 3 aliphatic rings. The molecule has 1 amide bonds. The van der Waals surface area contributed by atoms with Crippen LogP contribution >= 0.6 is 0 Å². The van der Waals surface area contributed by atoms with Gasteiger partial charge >= 0.3 is 0 Å². The molecule has 1 saturated heterocycles. The summed E-state index contributed by atoms with van der Waals surface area (Å²) in [5.74, 6) is 2.06. The molecule has 9 nitrogen and oxygen atoms in total. The molecule has 3 heterocycles. The lowest BCUT2D eigenvalue weighted by Crippen LogP contribution is -2.25. The fourth-order valence-corrected chi connectivity index (χ4v) is 5.01. The molecule has 184 valence electrons. The minimum atomic E-state index is -0.0223. The highest BCUT2D eigenvalue weighted by molar-refractivity contribution is 5.95. The standard InChI is InChI=1S/C26H33N7O2/c34-26(29-21-9-10-21)19-7-5-18(6-8-19)24-30-31-25-22(27-16-17-11-13-35-14-12-17)15-23(32-33(24)25)28-20-3-1-2-4-20/h5-8,15,17,20-21,27H,1-4,9-14,16H2,(H,28,32)(H,29,34). The van der Waals surface area contributed by atoms with Crippen LogP contribution in [0.15, 0.2) is 30.3 Å². The number of ether oxygens (including phenoxy) is 1. The second-order valence-electron chi connectivity index (χ2n) is 10.1. The first-order valence-electron chi connectivity index (χ1n) is 13.0. The van der Waals surface area contributed by atoms with Crippen LogP contribution in [0.1, 0.15) is 61.7 Å². The number of fused-ring (bicyclic) bond motifs is 1. The molecule has 0 spiro atoms. The van der Waals surface area contributed by atoms with E-state index < -0.39 is 0 Å². The predicted octanol–water partition coefficient (Wildman–Crippen LogP) is 3.88. The van der Waals surface area contributed by atoms with Gasteiger partial charge in [-0.25, -0.2) is 0 Å². The first kappa shape index (κ1) is 22.3. The second kappa shape index (κ2) is 9.81. The Labute approximate surface area is 205 Å². The van der Waals surface area contributed by atoms with Gasteiger partial charge in [0, 0.05) is 49.0 Å². The SMILES string of the molecule is O=C(NC1CC1)c1ccc(-c2nnc3c(NCC4CCOCC4)cc(NC4CCCC4)nn23)cc1. The predicted molar refractivity (Wildman–Crippen MR) is 135 cm³/mol. The largest absolute Gasteiger partial charge is 0.382 e. The average Bonchev–Trinajstić information content (AvgIpc) is 3.36. The highest BCUT2D eigenvalue weighted by Gasteiger charge is 2.24. The molecule has 0 bridgehead atoms. The number of amides is 1. The van der Waals surface area contributed by atoms with Crippen molar-refractivity contribution in [2.75, 3.05) is 30.4 Å². The van der Waals surface area contributed by atoms with Crippen LogP contribution in [0.3, 0.4) is 0 Å². The lowest BCUT2D eigenvalue weighted by atomic mass is 10.0. The van der Waals surface area contributed by atoms with Crippen molar-refractivity contribution < 1.29 is 9.53 Å². The molecule has 6 rings (SSSR count). The van der Waals surface area contributed by atoms with Crippen LogP contribution in [0.25, 0.3) is 17.0 Å². The quantitative estimate of drug-likeness (QED) is 0.454. The zero-order valence-corrected chi connectivity index (χ0v) is 20.0. The molecular weight excluding hydrogens is 442 g/mol. The summed E-state index contributed by atoms with van der Waals surface area (Å²) < 4.78 is 7.34. The van der Waals surface area contributed by atoms with Crippen molar-refractivity contribution in [1.82, 2.24) is 25.1 Å². The number of hydrogen-bond donors (Lipinski definition) is 3. The summed E-state index contributed by atoms with van der Waals surface area (Å²) >= 11 is 0. The van der Waals surface area contributed by atoms with E-state index in [0.29, 0.717) is 35.0 Å². The maximum Gasteiger partial charge on any atom is 0.251 e. The smallest absolute Gasteiger partial charge is 0.251 e. The summed E-state index contributed by atoms with van der Waals surface area (Å²) in [5, 5.41) is 24.1. The average molecular weight is 476 g/mol. The first-order valence-corrected chi connectivity index (χ1v) is 13.0. The van der Waals surface area contributed by atoms with E-state index >= 15 is 0 Å². The normalized spacial score (nSPS) is 19.2. The molecule has 3 N–H and O–H groups in total. The number of carbonyl (C=O) groups is 1. The van der Waals surface area contributed by atoms with E-state index in [-0.39, 0.29) is 5.91 Å². The molecule has 9 heteroatoms. The molecule has 1 aromatic carbocycles. The van der Waals surface area contributed by atoms with Gasteiger partial charge in [-0.05, 0) is 56.6 Å². The van der Waals surface area contributed by atoms with Crippen molar-refractivity contribution in [3.05, 3.63) is 35.9 Å². The molecule has 3 aromatic rings. The number of hydrogen-bond acceptors (Lipinski definition) is 7. The third kappa shape index (κ3) is 5.10. The van der Waals surface area contributed by atoms with Crippen LogP contribution in [0.5, 0.6) is 0 Å². The zero-order chi connectivity index (χ0) is 23.6. The number of carbonyl (C=O) groups excluding carboxylic acids is 1. The maximum absolute atomic E-state index is 12.4. The van der Waals surface area contributed by atoms with Crippen LogP contribution in [0.4, 0.5) is 11.5 Å². The molecule has 1 aliphatic heterocycles.